The number of benzene rings is 2. The molecule has 2 aromatic carbocycles. The van der Waals surface area contributed by atoms with E-state index < -0.39 is 14.0 Å². The fourth-order valence-corrected chi connectivity index (χ4v) is 3.75. The van der Waals surface area contributed by atoms with E-state index in [2.05, 4.69) is 15.4 Å². The van der Waals surface area contributed by atoms with Gasteiger partial charge in [0.05, 0.1) is 11.8 Å². The van der Waals surface area contributed by atoms with Crippen LogP contribution in [0.1, 0.15) is 36.8 Å². The lowest BCUT2D eigenvalue weighted by Gasteiger charge is -2.16. The summed E-state index contributed by atoms with van der Waals surface area (Å²) in [6.45, 7) is 1.02. The lowest BCUT2D eigenvalue weighted by molar-refractivity contribution is -0.274. The van der Waals surface area contributed by atoms with Gasteiger partial charge in [0.25, 0.3) is 0 Å². The molecule has 0 atom stereocenters. The standard InChI is InChI=1S/C22H29F4N2O4P/c23-19-9-6-17(7-10-19)5-2-1-3-13-28-20-11-8-18(15-21(20)32-22(24,25)26)16-27-12-4-14-33(29,30)31/h6-11,15,27-28H,1-5,12-14,16H2,(H2,29,30,31). The zero-order chi connectivity index (χ0) is 24.3. The van der Waals surface area contributed by atoms with E-state index in [4.69, 9.17) is 9.79 Å². The van der Waals surface area contributed by atoms with Crippen molar-refractivity contribution in [3.8, 4) is 5.75 Å². The van der Waals surface area contributed by atoms with Crippen molar-refractivity contribution in [3.05, 3.63) is 59.4 Å². The Morgan fingerprint density at radius 3 is 2.27 bits per heavy atom. The van der Waals surface area contributed by atoms with E-state index in [1.807, 2.05) is 0 Å². The molecule has 0 fully saturated rings. The lowest BCUT2D eigenvalue weighted by Crippen LogP contribution is -2.19. The van der Waals surface area contributed by atoms with E-state index >= 15 is 0 Å². The first kappa shape index (κ1) is 27.1. The van der Waals surface area contributed by atoms with Crippen LogP contribution in [-0.4, -0.2) is 35.4 Å². The molecule has 0 aromatic heterocycles. The van der Waals surface area contributed by atoms with Crippen LogP contribution in [-0.2, 0) is 17.5 Å². The Balaban J connectivity index is 1.80. The Hall–Kier alpha value is -2.13. The van der Waals surface area contributed by atoms with Crippen LogP contribution in [0.15, 0.2) is 42.5 Å². The Morgan fingerprint density at radius 1 is 0.909 bits per heavy atom. The second kappa shape index (κ2) is 12.9. The molecule has 2 aromatic rings. The molecule has 0 aliphatic rings. The van der Waals surface area contributed by atoms with E-state index in [0.29, 0.717) is 18.7 Å². The topological polar surface area (TPSA) is 90.8 Å². The van der Waals surface area contributed by atoms with Gasteiger partial charge in [0.1, 0.15) is 5.82 Å². The average Bonchev–Trinajstić information content (AvgIpc) is 2.71. The SMILES string of the molecule is O=P(O)(O)CCCNCc1ccc(NCCCCCc2ccc(F)cc2)c(OC(F)(F)F)c1. The summed E-state index contributed by atoms with van der Waals surface area (Å²) in [7, 11) is -4.06. The van der Waals surface area contributed by atoms with Gasteiger partial charge in [-0.15, -0.1) is 13.2 Å². The molecule has 0 amide bonds. The summed E-state index contributed by atoms with van der Waals surface area (Å²) in [5.74, 6) is -0.607. The first-order valence-electron chi connectivity index (χ1n) is 10.6. The van der Waals surface area contributed by atoms with E-state index in [-0.39, 0.29) is 36.4 Å². The monoisotopic (exact) mass is 492 g/mol. The lowest BCUT2D eigenvalue weighted by atomic mass is 10.1. The van der Waals surface area contributed by atoms with E-state index in [9.17, 15) is 22.1 Å². The third kappa shape index (κ3) is 12.1. The fourth-order valence-electron chi connectivity index (χ4n) is 3.18. The molecular weight excluding hydrogens is 463 g/mol. The Labute approximate surface area is 190 Å². The molecule has 0 saturated heterocycles. The van der Waals surface area contributed by atoms with E-state index in [1.54, 1.807) is 18.2 Å². The third-order valence-corrected chi connectivity index (χ3v) is 5.67. The zero-order valence-corrected chi connectivity index (χ0v) is 19.0. The van der Waals surface area contributed by atoms with Crippen molar-refractivity contribution in [2.75, 3.05) is 24.6 Å². The second-order valence-corrected chi connectivity index (χ2v) is 9.44. The second-order valence-electron chi connectivity index (χ2n) is 7.66. The molecule has 6 nitrogen and oxygen atoms in total. The quantitative estimate of drug-likeness (QED) is 0.165. The number of ether oxygens (including phenoxy) is 1. The molecule has 0 heterocycles. The molecule has 0 radical (unpaired) electrons. The van der Waals surface area contributed by atoms with Gasteiger partial charge < -0.3 is 25.2 Å². The maximum Gasteiger partial charge on any atom is 0.573 e. The van der Waals surface area contributed by atoms with Crippen molar-refractivity contribution >= 4 is 13.3 Å². The van der Waals surface area contributed by atoms with Crippen molar-refractivity contribution in [2.24, 2.45) is 0 Å². The van der Waals surface area contributed by atoms with Gasteiger partial charge in [0, 0.05) is 13.1 Å². The van der Waals surface area contributed by atoms with Crippen LogP contribution in [0, 0.1) is 5.82 Å². The maximum absolute atomic E-state index is 12.9. The van der Waals surface area contributed by atoms with E-state index in [0.717, 1.165) is 31.2 Å². The van der Waals surface area contributed by atoms with E-state index in [1.165, 1.54) is 24.3 Å². The van der Waals surface area contributed by atoms with Gasteiger partial charge in [0.2, 0.25) is 0 Å². The molecule has 0 bridgehead atoms. The van der Waals surface area contributed by atoms with Gasteiger partial charge in [-0.3, -0.25) is 4.57 Å². The molecule has 0 saturated carbocycles. The highest BCUT2D eigenvalue weighted by Gasteiger charge is 2.32. The van der Waals surface area contributed by atoms with Gasteiger partial charge >= 0.3 is 14.0 Å². The van der Waals surface area contributed by atoms with Crippen molar-refractivity contribution < 1.29 is 36.7 Å². The predicted molar refractivity (Wildman–Crippen MR) is 119 cm³/mol. The minimum atomic E-state index is -4.83. The van der Waals surface area contributed by atoms with Gasteiger partial charge in [-0.25, -0.2) is 4.39 Å². The molecule has 0 aliphatic carbocycles. The molecule has 0 aliphatic heterocycles. The molecule has 0 unspecified atom stereocenters. The number of halogens is 4. The van der Waals surface area contributed by atoms with Crippen molar-refractivity contribution in [2.45, 2.75) is 45.0 Å². The first-order valence-corrected chi connectivity index (χ1v) is 12.4. The summed E-state index contributed by atoms with van der Waals surface area (Å²) in [4.78, 5) is 17.7. The van der Waals surface area contributed by atoms with Crippen LogP contribution in [0.5, 0.6) is 5.75 Å². The number of hydrogen-bond acceptors (Lipinski definition) is 4. The summed E-state index contributed by atoms with van der Waals surface area (Å²) in [6, 6.07) is 10.8. The minimum Gasteiger partial charge on any atom is -0.404 e. The highest BCUT2D eigenvalue weighted by Crippen LogP contribution is 2.34. The molecule has 11 heteroatoms. The number of alkyl halides is 3. The molecule has 184 valence electrons. The van der Waals surface area contributed by atoms with Gasteiger partial charge in [0.15, 0.2) is 5.75 Å². The van der Waals surface area contributed by atoms with Crippen LogP contribution in [0.2, 0.25) is 0 Å². The minimum absolute atomic E-state index is 0.233. The number of aryl methyl sites for hydroxylation is 1. The van der Waals surface area contributed by atoms with Crippen LogP contribution >= 0.6 is 7.60 Å². The molecule has 4 N–H and O–H groups in total. The average molecular weight is 492 g/mol. The molecule has 33 heavy (non-hydrogen) atoms. The number of rotatable bonds is 14. The summed E-state index contributed by atoms with van der Waals surface area (Å²) in [6.07, 6.45) is -1.55. The predicted octanol–water partition coefficient (Wildman–Crippen LogP) is 5.21. The van der Waals surface area contributed by atoms with Gasteiger partial charge in [-0.05, 0) is 67.6 Å². The van der Waals surface area contributed by atoms with Crippen molar-refractivity contribution in [1.29, 1.82) is 0 Å². The normalized spacial score (nSPS) is 12.1. The fraction of sp³-hybridized carbons (Fsp3) is 0.455. The Morgan fingerprint density at radius 2 is 1.61 bits per heavy atom. The van der Waals surface area contributed by atoms with Crippen LogP contribution in [0.3, 0.4) is 0 Å². The van der Waals surface area contributed by atoms with Crippen LogP contribution in [0.25, 0.3) is 0 Å². The Bertz CT molecular complexity index is 904. The zero-order valence-electron chi connectivity index (χ0n) is 18.1. The van der Waals surface area contributed by atoms with Gasteiger partial charge in [-0.1, -0.05) is 24.6 Å². The summed E-state index contributed by atoms with van der Waals surface area (Å²) < 4.78 is 66.4. The summed E-state index contributed by atoms with van der Waals surface area (Å²) in [5, 5.41) is 5.93. The molecule has 0 spiro atoms. The van der Waals surface area contributed by atoms with Crippen LogP contribution in [0.4, 0.5) is 23.2 Å². The van der Waals surface area contributed by atoms with Crippen molar-refractivity contribution in [1.82, 2.24) is 5.32 Å². The van der Waals surface area contributed by atoms with Gasteiger partial charge in [-0.2, -0.15) is 0 Å². The highest BCUT2D eigenvalue weighted by atomic mass is 31.2. The number of nitrogens with one attached hydrogen (secondary N) is 2. The third-order valence-electron chi connectivity index (χ3n) is 4.77. The number of unbranched alkanes of at least 4 members (excludes halogenated alkanes) is 2. The molecular formula is C22H29F4N2O4P. The summed E-state index contributed by atoms with van der Waals surface area (Å²) in [5.41, 5.74) is 1.82. The highest BCUT2D eigenvalue weighted by molar-refractivity contribution is 7.51. The number of hydrogen-bond donors (Lipinski definition) is 4. The molecule has 2 rings (SSSR count). The number of anilines is 1. The summed E-state index contributed by atoms with van der Waals surface area (Å²) >= 11 is 0. The smallest absolute Gasteiger partial charge is 0.404 e. The first-order chi connectivity index (χ1) is 15.5. The van der Waals surface area contributed by atoms with Crippen LogP contribution < -0.4 is 15.4 Å². The largest absolute Gasteiger partial charge is 0.573 e. The Kier molecular flexibility index (Phi) is 10.6. The van der Waals surface area contributed by atoms with Crippen molar-refractivity contribution in [3.63, 3.8) is 0 Å². The maximum atomic E-state index is 12.9.